The molecule has 17 heavy (non-hydrogen) atoms. The van der Waals surface area contributed by atoms with Crippen LogP contribution in [0.2, 0.25) is 0 Å². The van der Waals surface area contributed by atoms with Crippen molar-refractivity contribution >= 4 is 5.91 Å². The molecule has 1 aliphatic rings. The van der Waals surface area contributed by atoms with Crippen LogP contribution in [0.4, 0.5) is 0 Å². The van der Waals surface area contributed by atoms with Gasteiger partial charge in [0.2, 0.25) is 5.91 Å². The zero-order valence-corrected chi connectivity index (χ0v) is 10.6. The Morgan fingerprint density at radius 2 is 2.24 bits per heavy atom. The third-order valence-corrected chi connectivity index (χ3v) is 3.45. The Hall–Kier alpha value is -1.35. The standard InChI is InChI=1S/C14H20N2O/c1-11-6-3-4-7-12(11)13-8-5-9-16(13)14(17)10-15-2/h3-4,6-7,13,15H,5,8-10H2,1-2H3. The second kappa shape index (κ2) is 5.32. The van der Waals surface area contributed by atoms with Crippen LogP contribution < -0.4 is 5.32 Å². The highest BCUT2D eigenvalue weighted by atomic mass is 16.2. The van der Waals surface area contributed by atoms with Gasteiger partial charge >= 0.3 is 0 Å². The normalized spacial score (nSPS) is 19.6. The first-order valence-electron chi connectivity index (χ1n) is 6.23. The lowest BCUT2D eigenvalue weighted by Crippen LogP contribution is -2.36. The zero-order chi connectivity index (χ0) is 12.3. The van der Waals surface area contributed by atoms with Crippen LogP contribution in [0.3, 0.4) is 0 Å². The monoisotopic (exact) mass is 232 g/mol. The number of hydrogen-bond acceptors (Lipinski definition) is 2. The Labute approximate surface area is 103 Å². The summed E-state index contributed by atoms with van der Waals surface area (Å²) in [4.78, 5) is 14.0. The molecule has 0 saturated carbocycles. The predicted octanol–water partition coefficient (Wildman–Crippen LogP) is 1.88. The van der Waals surface area contributed by atoms with Crippen molar-refractivity contribution in [2.24, 2.45) is 0 Å². The smallest absolute Gasteiger partial charge is 0.237 e. The summed E-state index contributed by atoms with van der Waals surface area (Å²) in [6.45, 7) is 3.44. The quantitative estimate of drug-likeness (QED) is 0.863. The van der Waals surface area contributed by atoms with Crippen LogP contribution >= 0.6 is 0 Å². The number of aryl methyl sites for hydroxylation is 1. The van der Waals surface area contributed by atoms with Gasteiger partial charge in [-0.1, -0.05) is 24.3 Å². The molecule has 3 heteroatoms. The molecular formula is C14H20N2O. The zero-order valence-electron chi connectivity index (χ0n) is 10.6. The van der Waals surface area contributed by atoms with Crippen molar-refractivity contribution in [3.05, 3.63) is 35.4 Å². The maximum Gasteiger partial charge on any atom is 0.237 e. The van der Waals surface area contributed by atoms with Gasteiger partial charge in [-0.3, -0.25) is 4.79 Å². The number of carbonyl (C=O) groups excluding carboxylic acids is 1. The van der Waals surface area contributed by atoms with Crippen molar-refractivity contribution in [1.82, 2.24) is 10.2 Å². The number of nitrogens with one attached hydrogen (secondary N) is 1. The van der Waals surface area contributed by atoms with Gasteiger partial charge in [0.25, 0.3) is 0 Å². The maximum atomic E-state index is 12.0. The van der Waals surface area contributed by atoms with Crippen LogP contribution in [0, 0.1) is 6.92 Å². The van der Waals surface area contributed by atoms with Gasteiger partial charge in [-0.2, -0.15) is 0 Å². The van der Waals surface area contributed by atoms with E-state index in [0.717, 1.165) is 19.4 Å². The van der Waals surface area contributed by atoms with E-state index in [-0.39, 0.29) is 11.9 Å². The second-order valence-electron chi connectivity index (χ2n) is 4.63. The number of rotatable bonds is 3. The topological polar surface area (TPSA) is 32.3 Å². The average molecular weight is 232 g/mol. The lowest BCUT2D eigenvalue weighted by Gasteiger charge is -2.26. The molecule has 1 saturated heterocycles. The van der Waals surface area contributed by atoms with Gasteiger partial charge in [0, 0.05) is 6.54 Å². The summed E-state index contributed by atoms with van der Waals surface area (Å²) in [6.07, 6.45) is 2.19. The number of likely N-dealkylation sites (N-methyl/N-ethyl adjacent to an activating group) is 1. The molecule has 1 unspecified atom stereocenters. The van der Waals surface area contributed by atoms with E-state index in [1.54, 1.807) is 0 Å². The molecular weight excluding hydrogens is 212 g/mol. The Morgan fingerprint density at radius 3 is 2.94 bits per heavy atom. The van der Waals surface area contributed by atoms with Crippen LogP contribution in [0.5, 0.6) is 0 Å². The molecule has 92 valence electrons. The third kappa shape index (κ3) is 2.50. The van der Waals surface area contributed by atoms with E-state index in [2.05, 4.69) is 30.4 Å². The van der Waals surface area contributed by atoms with Crippen molar-refractivity contribution in [3.63, 3.8) is 0 Å². The Kier molecular flexibility index (Phi) is 3.79. The third-order valence-electron chi connectivity index (χ3n) is 3.45. The van der Waals surface area contributed by atoms with Crippen molar-refractivity contribution in [2.75, 3.05) is 20.1 Å². The molecule has 1 N–H and O–H groups in total. The van der Waals surface area contributed by atoms with E-state index in [1.165, 1.54) is 11.1 Å². The summed E-state index contributed by atoms with van der Waals surface area (Å²) in [6, 6.07) is 8.64. The summed E-state index contributed by atoms with van der Waals surface area (Å²) in [5.74, 6) is 0.207. The molecule has 0 radical (unpaired) electrons. The van der Waals surface area contributed by atoms with Gasteiger partial charge in [0.05, 0.1) is 12.6 Å². The summed E-state index contributed by atoms with van der Waals surface area (Å²) >= 11 is 0. The summed E-state index contributed by atoms with van der Waals surface area (Å²) in [5.41, 5.74) is 2.58. The molecule has 1 aliphatic heterocycles. The molecule has 0 aliphatic carbocycles. The van der Waals surface area contributed by atoms with Crippen molar-refractivity contribution in [1.29, 1.82) is 0 Å². The van der Waals surface area contributed by atoms with Gasteiger partial charge in [-0.15, -0.1) is 0 Å². The first kappa shape index (κ1) is 12.1. The SMILES string of the molecule is CNCC(=O)N1CCCC1c1ccccc1C. The van der Waals surface area contributed by atoms with E-state index in [0.29, 0.717) is 6.54 Å². The fourth-order valence-electron chi connectivity index (χ4n) is 2.60. The van der Waals surface area contributed by atoms with E-state index < -0.39 is 0 Å². The number of benzene rings is 1. The Bertz CT molecular complexity index is 403. The Morgan fingerprint density at radius 1 is 1.47 bits per heavy atom. The molecule has 0 bridgehead atoms. The first-order chi connectivity index (χ1) is 8.24. The predicted molar refractivity (Wildman–Crippen MR) is 68.8 cm³/mol. The number of nitrogens with zero attached hydrogens (tertiary/aromatic N) is 1. The van der Waals surface area contributed by atoms with Gasteiger partial charge in [0.1, 0.15) is 0 Å². The lowest BCUT2D eigenvalue weighted by atomic mass is 9.99. The Balaban J connectivity index is 2.20. The van der Waals surface area contributed by atoms with E-state index in [9.17, 15) is 4.79 Å². The molecule has 1 aromatic rings. The van der Waals surface area contributed by atoms with E-state index in [4.69, 9.17) is 0 Å². The largest absolute Gasteiger partial charge is 0.335 e. The maximum absolute atomic E-state index is 12.0. The van der Waals surface area contributed by atoms with Crippen LogP contribution in [0.15, 0.2) is 24.3 Å². The minimum Gasteiger partial charge on any atom is -0.335 e. The molecule has 1 fully saturated rings. The summed E-state index contributed by atoms with van der Waals surface area (Å²) < 4.78 is 0. The number of likely N-dealkylation sites (tertiary alicyclic amines) is 1. The van der Waals surface area contributed by atoms with Gasteiger partial charge < -0.3 is 10.2 Å². The number of carbonyl (C=O) groups is 1. The summed E-state index contributed by atoms with van der Waals surface area (Å²) in [5, 5.41) is 2.94. The molecule has 0 aromatic heterocycles. The second-order valence-corrected chi connectivity index (χ2v) is 4.63. The molecule has 0 spiro atoms. The molecule has 3 nitrogen and oxygen atoms in total. The van der Waals surface area contributed by atoms with E-state index in [1.807, 2.05) is 18.0 Å². The highest BCUT2D eigenvalue weighted by molar-refractivity contribution is 5.79. The van der Waals surface area contributed by atoms with E-state index >= 15 is 0 Å². The average Bonchev–Trinajstić information content (AvgIpc) is 2.79. The fraction of sp³-hybridized carbons (Fsp3) is 0.500. The van der Waals surface area contributed by atoms with Crippen molar-refractivity contribution in [3.8, 4) is 0 Å². The van der Waals surface area contributed by atoms with Gasteiger partial charge in [0.15, 0.2) is 0 Å². The molecule has 1 amide bonds. The van der Waals surface area contributed by atoms with Gasteiger partial charge in [-0.05, 0) is 37.9 Å². The van der Waals surface area contributed by atoms with Crippen LogP contribution in [-0.4, -0.2) is 30.9 Å². The summed E-state index contributed by atoms with van der Waals surface area (Å²) in [7, 11) is 1.82. The number of amides is 1. The number of hydrogen-bond donors (Lipinski definition) is 1. The molecule has 2 rings (SSSR count). The van der Waals surface area contributed by atoms with Crippen molar-refractivity contribution < 1.29 is 4.79 Å². The lowest BCUT2D eigenvalue weighted by molar-refractivity contribution is -0.131. The minimum atomic E-state index is 0.207. The highest BCUT2D eigenvalue weighted by Gasteiger charge is 2.29. The fourth-order valence-corrected chi connectivity index (χ4v) is 2.60. The highest BCUT2D eigenvalue weighted by Crippen LogP contribution is 2.33. The van der Waals surface area contributed by atoms with Gasteiger partial charge in [-0.25, -0.2) is 0 Å². The first-order valence-corrected chi connectivity index (χ1v) is 6.23. The minimum absolute atomic E-state index is 0.207. The van der Waals surface area contributed by atoms with Crippen molar-refractivity contribution in [2.45, 2.75) is 25.8 Å². The molecule has 1 atom stereocenters. The molecule has 1 aromatic carbocycles. The molecule has 1 heterocycles. The van der Waals surface area contributed by atoms with Crippen LogP contribution in [0.1, 0.15) is 30.0 Å². The van der Waals surface area contributed by atoms with Crippen LogP contribution in [-0.2, 0) is 4.79 Å². The van der Waals surface area contributed by atoms with Crippen LogP contribution in [0.25, 0.3) is 0 Å².